The van der Waals surface area contributed by atoms with Gasteiger partial charge in [-0.05, 0) is 54.2 Å². The fraction of sp³-hybridized carbons (Fsp3) is 0.667. The molecule has 1 heterocycles. The highest BCUT2D eigenvalue weighted by Crippen LogP contribution is 2.22. The molecule has 1 rings (SSSR count). The quantitative estimate of drug-likeness (QED) is 0.832. The van der Waals surface area contributed by atoms with Gasteiger partial charge in [0.1, 0.15) is 0 Å². The van der Waals surface area contributed by atoms with Crippen LogP contribution in [0.5, 0.6) is 0 Å². The van der Waals surface area contributed by atoms with Gasteiger partial charge in [-0.15, -0.1) is 11.3 Å². The molecule has 0 aliphatic heterocycles. The molecule has 1 aromatic heterocycles. The highest BCUT2D eigenvalue weighted by Gasteiger charge is 2.09. The molecule has 86 valence electrons. The zero-order valence-electron chi connectivity index (χ0n) is 9.72. The maximum absolute atomic E-state index is 3.50. The van der Waals surface area contributed by atoms with Crippen LogP contribution in [-0.4, -0.2) is 13.1 Å². The molecule has 0 amide bonds. The molecule has 1 nitrogen and oxygen atoms in total. The summed E-state index contributed by atoms with van der Waals surface area (Å²) < 4.78 is 1.21. The van der Waals surface area contributed by atoms with Crippen LogP contribution in [0.1, 0.15) is 31.6 Å². The van der Waals surface area contributed by atoms with Crippen molar-refractivity contribution in [2.24, 2.45) is 5.92 Å². The van der Waals surface area contributed by atoms with Crippen LogP contribution in [0.3, 0.4) is 0 Å². The summed E-state index contributed by atoms with van der Waals surface area (Å²) in [7, 11) is 2.06. The second-order valence-corrected chi connectivity index (χ2v) is 6.30. The van der Waals surface area contributed by atoms with E-state index in [1.54, 1.807) is 0 Å². The van der Waals surface area contributed by atoms with Crippen LogP contribution in [0, 0.1) is 5.92 Å². The van der Waals surface area contributed by atoms with Crippen molar-refractivity contribution in [1.29, 1.82) is 0 Å². The number of halogens is 1. The van der Waals surface area contributed by atoms with Crippen LogP contribution in [0.2, 0.25) is 0 Å². The van der Waals surface area contributed by atoms with Gasteiger partial charge in [0, 0.05) is 20.8 Å². The summed E-state index contributed by atoms with van der Waals surface area (Å²) in [6.07, 6.45) is 3.72. The van der Waals surface area contributed by atoms with E-state index in [0.29, 0.717) is 6.04 Å². The average molecular weight is 290 g/mol. The molecule has 0 bridgehead atoms. The van der Waals surface area contributed by atoms with E-state index >= 15 is 0 Å². The Kier molecular flexibility index (Phi) is 5.87. The summed E-state index contributed by atoms with van der Waals surface area (Å²) >= 11 is 5.34. The van der Waals surface area contributed by atoms with Crippen molar-refractivity contribution < 1.29 is 0 Å². The number of thiophene rings is 1. The van der Waals surface area contributed by atoms with E-state index in [9.17, 15) is 0 Å². The van der Waals surface area contributed by atoms with Crippen LogP contribution in [-0.2, 0) is 6.42 Å². The van der Waals surface area contributed by atoms with E-state index in [2.05, 4.69) is 53.6 Å². The Balaban J connectivity index is 2.39. The SMILES string of the molecule is CNC(CCC(C)C)Cc1cc(Br)cs1. The predicted octanol–water partition coefficient (Wildman–Crippen LogP) is 4.08. The summed E-state index contributed by atoms with van der Waals surface area (Å²) in [5.41, 5.74) is 0. The molecule has 1 aromatic rings. The summed E-state index contributed by atoms with van der Waals surface area (Å²) in [5.74, 6) is 0.802. The Bertz CT molecular complexity index is 283. The molecular formula is C12H20BrNS. The van der Waals surface area contributed by atoms with E-state index in [4.69, 9.17) is 0 Å². The Morgan fingerprint density at radius 3 is 2.60 bits per heavy atom. The average Bonchev–Trinajstić information content (AvgIpc) is 2.58. The molecule has 1 atom stereocenters. The zero-order chi connectivity index (χ0) is 11.3. The molecule has 1 N–H and O–H groups in total. The predicted molar refractivity (Wildman–Crippen MR) is 72.6 cm³/mol. The molecule has 0 radical (unpaired) electrons. The van der Waals surface area contributed by atoms with Crippen molar-refractivity contribution >= 4 is 27.3 Å². The standard InChI is InChI=1S/C12H20BrNS/c1-9(2)4-5-11(14-3)7-12-6-10(13)8-15-12/h6,8-9,11,14H,4-5,7H2,1-3H3. The van der Waals surface area contributed by atoms with Gasteiger partial charge < -0.3 is 5.32 Å². The van der Waals surface area contributed by atoms with Gasteiger partial charge in [0.2, 0.25) is 0 Å². The lowest BCUT2D eigenvalue weighted by atomic mass is 10.0. The second kappa shape index (κ2) is 6.66. The lowest BCUT2D eigenvalue weighted by Crippen LogP contribution is -2.27. The highest BCUT2D eigenvalue weighted by molar-refractivity contribution is 9.10. The van der Waals surface area contributed by atoms with Gasteiger partial charge in [0.15, 0.2) is 0 Å². The summed E-state index contributed by atoms with van der Waals surface area (Å²) in [5, 5.41) is 5.56. The van der Waals surface area contributed by atoms with Crippen molar-refractivity contribution in [3.63, 3.8) is 0 Å². The zero-order valence-corrected chi connectivity index (χ0v) is 12.1. The lowest BCUT2D eigenvalue weighted by molar-refractivity contribution is 0.452. The van der Waals surface area contributed by atoms with E-state index < -0.39 is 0 Å². The maximum atomic E-state index is 3.50. The van der Waals surface area contributed by atoms with Crippen molar-refractivity contribution in [3.05, 3.63) is 20.8 Å². The van der Waals surface area contributed by atoms with Gasteiger partial charge in [0.05, 0.1) is 0 Å². The Morgan fingerprint density at radius 1 is 1.40 bits per heavy atom. The van der Waals surface area contributed by atoms with Crippen molar-refractivity contribution in [2.45, 2.75) is 39.2 Å². The Labute approximate surface area is 105 Å². The maximum Gasteiger partial charge on any atom is 0.0285 e. The van der Waals surface area contributed by atoms with Gasteiger partial charge in [-0.3, -0.25) is 0 Å². The largest absolute Gasteiger partial charge is 0.317 e. The first-order chi connectivity index (χ1) is 7.11. The van der Waals surface area contributed by atoms with E-state index in [0.717, 1.165) is 12.3 Å². The minimum absolute atomic E-state index is 0.623. The smallest absolute Gasteiger partial charge is 0.0285 e. The number of hydrogen-bond donors (Lipinski definition) is 1. The number of rotatable bonds is 6. The topological polar surface area (TPSA) is 12.0 Å². The van der Waals surface area contributed by atoms with Crippen LogP contribution in [0.4, 0.5) is 0 Å². The van der Waals surface area contributed by atoms with E-state index in [-0.39, 0.29) is 0 Å². The first-order valence-electron chi connectivity index (χ1n) is 5.52. The molecule has 3 heteroatoms. The molecule has 0 aromatic carbocycles. The van der Waals surface area contributed by atoms with Gasteiger partial charge in [-0.2, -0.15) is 0 Å². The molecular weight excluding hydrogens is 270 g/mol. The molecule has 1 unspecified atom stereocenters. The molecule has 0 saturated carbocycles. The van der Waals surface area contributed by atoms with Crippen LogP contribution in [0.25, 0.3) is 0 Å². The molecule has 0 spiro atoms. The molecule has 15 heavy (non-hydrogen) atoms. The number of likely N-dealkylation sites (N-methyl/N-ethyl adjacent to an activating group) is 1. The van der Waals surface area contributed by atoms with Gasteiger partial charge in [0.25, 0.3) is 0 Å². The van der Waals surface area contributed by atoms with E-state index in [1.165, 1.54) is 22.2 Å². The third-order valence-electron chi connectivity index (χ3n) is 2.57. The first-order valence-corrected chi connectivity index (χ1v) is 7.19. The fourth-order valence-electron chi connectivity index (χ4n) is 1.59. The minimum Gasteiger partial charge on any atom is -0.317 e. The molecule has 0 saturated heterocycles. The van der Waals surface area contributed by atoms with Crippen LogP contribution in [0.15, 0.2) is 15.9 Å². The highest BCUT2D eigenvalue weighted by atomic mass is 79.9. The summed E-state index contributed by atoms with van der Waals surface area (Å²) in [6.45, 7) is 4.57. The van der Waals surface area contributed by atoms with Gasteiger partial charge in [-0.25, -0.2) is 0 Å². The summed E-state index contributed by atoms with van der Waals surface area (Å²) in [6, 6.07) is 2.85. The Morgan fingerprint density at radius 2 is 2.13 bits per heavy atom. The van der Waals surface area contributed by atoms with Crippen molar-refractivity contribution in [2.75, 3.05) is 7.05 Å². The molecule has 0 aliphatic carbocycles. The first kappa shape index (κ1) is 13.2. The third-order valence-corrected chi connectivity index (χ3v) is 4.29. The lowest BCUT2D eigenvalue weighted by Gasteiger charge is -2.16. The molecule has 0 fully saturated rings. The monoisotopic (exact) mass is 289 g/mol. The summed E-state index contributed by atoms with van der Waals surface area (Å²) in [4.78, 5) is 1.46. The second-order valence-electron chi connectivity index (χ2n) is 4.39. The normalized spacial score (nSPS) is 13.4. The van der Waals surface area contributed by atoms with Gasteiger partial charge >= 0.3 is 0 Å². The molecule has 0 aliphatic rings. The fourth-order valence-corrected chi connectivity index (χ4v) is 3.12. The van der Waals surface area contributed by atoms with Gasteiger partial charge in [-0.1, -0.05) is 13.8 Å². The van der Waals surface area contributed by atoms with Crippen molar-refractivity contribution in [3.8, 4) is 0 Å². The van der Waals surface area contributed by atoms with Crippen molar-refractivity contribution in [1.82, 2.24) is 5.32 Å². The van der Waals surface area contributed by atoms with E-state index in [1.807, 2.05) is 11.3 Å². The van der Waals surface area contributed by atoms with Crippen LogP contribution < -0.4 is 5.32 Å². The number of nitrogens with one attached hydrogen (secondary N) is 1. The van der Waals surface area contributed by atoms with Crippen LogP contribution >= 0.6 is 27.3 Å². The number of hydrogen-bond acceptors (Lipinski definition) is 2. The third kappa shape index (κ3) is 5.14. The minimum atomic E-state index is 0.623. The Hall–Kier alpha value is 0.140.